The summed E-state index contributed by atoms with van der Waals surface area (Å²) >= 11 is 7.65. The van der Waals surface area contributed by atoms with Gasteiger partial charge in [-0.05, 0) is 30.2 Å². The summed E-state index contributed by atoms with van der Waals surface area (Å²) in [6, 6.07) is 15.6. The second kappa shape index (κ2) is 5.89. The Hall–Kier alpha value is -2.43. The number of carbonyl (C=O) groups is 1. The molecule has 0 radical (unpaired) electrons. The lowest BCUT2D eigenvalue weighted by molar-refractivity contribution is 0.111. The van der Waals surface area contributed by atoms with Crippen LogP contribution in [0.15, 0.2) is 53.9 Å². The number of benzene rings is 2. The third-order valence-electron chi connectivity index (χ3n) is 4.01. The van der Waals surface area contributed by atoms with Gasteiger partial charge in [-0.1, -0.05) is 48.0 Å². The fourth-order valence-corrected chi connectivity index (χ4v) is 3.83. The molecule has 0 unspecified atom stereocenters. The number of thiazole rings is 1. The molecule has 2 aromatic carbocycles. The molecule has 0 bridgehead atoms. The van der Waals surface area contributed by atoms with Crippen molar-refractivity contribution in [2.45, 2.75) is 6.92 Å². The Balaban J connectivity index is 1.97. The van der Waals surface area contributed by atoms with Crippen molar-refractivity contribution in [2.75, 3.05) is 0 Å². The molecule has 5 heteroatoms. The minimum atomic E-state index is 0.569. The van der Waals surface area contributed by atoms with E-state index >= 15 is 0 Å². The van der Waals surface area contributed by atoms with E-state index in [1.165, 1.54) is 11.3 Å². The summed E-state index contributed by atoms with van der Waals surface area (Å²) in [5, 5.41) is 2.75. The van der Waals surface area contributed by atoms with Crippen LogP contribution < -0.4 is 0 Å². The summed E-state index contributed by atoms with van der Waals surface area (Å²) in [7, 11) is 0. The number of hydrogen-bond donors (Lipinski definition) is 0. The van der Waals surface area contributed by atoms with E-state index in [4.69, 9.17) is 11.6 Å². The second-order valence-electron chi connectivity index (χ2n) is 5.53. The molecule has 2 heterocycles. The van der Waals surface area contributed by atoms with E-state index in [-0.39, 0.29) is 0 Å². The van der Waals surface area contributed by atoms with Crippen molar-refractivity contribution in [1.82, 2.24) is 9.38 Å². The van der Waals surface area contributed by atoms with E-state index in [2.05, 4.69) is 4.98 Å². The monoisotopic (exact) mass is 352 g/mol. The van der Waals surface area contributed by atoms with Crippen molar-refractivity contribution in [3.63, 3.8) is 0 Å². The topological polar surface area (TPSA) is 34.4 Å². The minimum Gasteiger partial charge on any atom is -0.296 e. The second-order valence-corrected chi connectivity index (χ2v) is 6.78. The van der Waals surface area contributed by atoms with Crippen LogP contribution in [0, 0.1) is 6.92 Å². The highest BCUT2D eigenvalue weighted by Gasteiger charge is 2.18. The molecular weight excluding hydrogens is 340 g/mol. The van der Waals surface area contributed by atoms with E-state index in [1.54, 1.807) is 0 Å². The molecular formula is C19H13ClN2OS. The SMILES string of the molecule is Cc1cc(-c2csc3nc(-c4ccccc4)c(C=O)n23)ccc1Cl. The molecule has 24 heavy (non-hydrogen) atoms. The molecule has 0 atom stereocenters. The number of nitrogens with zero attached hydrogens (tertiary/aromatic N) is 2. The molecule has 0 aliphatic heterocycles. The number of aromatic nitrogens is 2. The average Bonchev–Trinajstić information content (AvgIpc) is 3.17. The van der Waals surface area contributed by atoms with E-state index in [1.807, 2.05) is 65.2 Å². The van der Waals surface area contributed by atoms with Gasteiger partial charge in [-0.2, -0.15) is 0 Å². The van der Waals surface area contributed by atoms with Crippen LogP contribution in [0.1, 0.15) is 16.1 Å². The summed E-state index contributed by atoms with van der Waals surface area (Å²) in [6.07, 6.45) is 0.876. The first-order valence-corrected chi connectivity index (χ1v) is 8.72. The van der Waals surface area contributed by atoms with Gasteiger partial charge < -0.3 is 0 Å². The van der Waals surface area contributed by atoms with Gasteiger partial charge in [0.05, 0.1) is 5.69 Å². The van der Waals surface area contributed by atoms with Crippen LogP contribution >= 0.6 is 22.9 Å². The fourth-order valence-electron chi connectivity index (χ4n) is 2.80. The van der Waals surface area contributed by atoms with Gasteiger partial charge in [0.15, 0.2) is 11.2 Å². The highest BCUT2D eigenvalue weighted by Crippen LogP contribution is 2.33. The summed E-state index contributed by atoms with van der Waals surface area (Å²) in [5.74, 6) is 0. The van der Waals surface area contributed by atoms with Crippen molar-refractivity contribution < 1.29 is 4.79 Å². The lowest BCUT2D eigenvalue weighted by Gasteiger charge is -2.05. The summed E-state index contributed by atoms with van der Waals surface area (Å²) in [5.41, 5.74) is 5.19. The van der Waals surface area contributed by atoms with E-state index in [9.17, 15) is 4.79 Å². The molecule has 0 aliphatic carbocycles. The van der Waals surface area contributed by atoms with Crippen molar-refractivity contribution in [1.29, 1.82) is 0 Å². The van der Waals surface area contributed by atoms with E-state index < -0.39 is 0 Å². The Morgan fingerprint density at radius 3 is 2.62 bits per heavy atom. The molecule has 0 saturated heterocycles. The standard InChI is InChI=1S/C19H13ClN2OS/c1-12-9-14(7-8-15(12)20)17-11-24-19-21-18(16(10-23)22(17)19)13-5-3-2-4-6-13/h2-11H,1H3. The third kappa shape index (κ3) is 2.35. The summed E-state index contributed by atoms with van der Waals surface area (Å²) in [4.78, 5) is 17.3. The maximum absolute atomic E-state index is 11.8. The molecule has 3 nitrogen and oxygen atoms in total. The number of rotatable bonds is 3. The van der Waals surface area contributed by atoms with Gasteiger partial charge in [-0.3, -0.25) is 9.20 Å². The summed E-state index contributed by atoms with van der Waals surface area (Å²) < 4.78 is 1.92. The summed E-state index contributed by atoms with van der Waals surface area (Å²) in [6.45, 7) is 1.97. The molecule has 0 aliphatic rings. The van der Waals surface area contributed by atoms with E-state index in [0.717, 1.165) is 38.7 Å². The van der Waals surface area contributed by atoms with Gasteiger partial charge in [0.2, 0.25) is 0 Å². The number of imidazole rings is 1. The quantitative estimate of drug-likeness (QED) is 0.456. The first kappa shape index (κ1) is 15.1. The van der Waals surface area contributed by atoms with Gasteiger partial charge in [0.25, 0.3) is 0 Å². The Bertz CT molecular complexity index is 1050. The van der Waals surface area contributed by atoms with Crippen LogP contribution in [0.4, 0.5) is 0 Å². The highest BCUT2D eigenvalue weighted by atomic mass is 35.5. The Labute approximate surface area is 148 Å². The number of aldehydes is 1. The normalized spacial score (nSPS) is 11.1. The average molecular weight is 353 g/mol. The van der Waals surface area contributed by atoms with Crippen molar-refractivity contribution in [2.24, 2.45) is 0 Å². The fraction of sp³-hybridized carbons (Fsp3) is 0.0526. The van der Waals surface area contributed by atoms with Crippen LogP contribution in [-0.4, -0.2) is 15.7 Å². The van der Waals surface area contributed by atoms with Crippen molar-refractivity contribution in [3.05, 3.63) is 70.2 Å². The predicted molar refractivity (Wildman–Crippen MR) is 99.1 cm³/mol. The van der Waals surface area contributed by atoms with Crippen LogP contribution in [0.5, 0.6) is 0 Å². The first-order chi connectivity index (χ1) is 11.7. The number of halogens is 1. The highest BCUT2D eigenvalue weighted by molar-refractivity contribution is 7.15. The van der Waals surface area contributed by atoms with Crippen molar-refractivity contribution >= 4 is 34.2 Å². The third-order valence-corrected chi connectivity index (χ3v) is 5.26. The zero-order valence-electron chi connectivity index (χ0n) is 12.9. The van der Waals surface area contributed by atoms with Gasteiger partial charge in [-0.25, -0.2) is 4.98 Å². The lowest BCUT2D eigenvalue weighted by Crippen LogP contribution is -1.94. The molecule has 0 N–H and O–H groups in total. The molecule has 0 saturated carbocycles. The van der Waals surface area contributed by atoms with Crippen molar-refractivity contribution in [3.8, 4) is 22.5 Å². The van der Waals surface area contributed by atoms with E-state index in [0.29, 0.717) is 11.4 Å². The number of aryl methyl sites for hydroxylation is 1. The van der Waals surface area contributed by atoms with Crippen LogP contribution in [0.3, 0.4) is 0 Å². The minimum absolute atomic E-state index is 0.569. The molecule has 0 amide bonds. The van der Waals surface area contributed by atoms with Crippen LogP contribution in [0.25, 0.3) is 27.5 Å². The molecule has 118 valence electrons. The zero-order chi connectivity index (χ0) is 16.7. The van der Waals surface area contributed by atoms with Crippen LogP contribution in [0.2, 0.25) is 5.02 Å². The largest absolute Gasteiger partial charge is 0.296 e. The molecule has 4 aromatic rings. The van der Waals surface area contributed by atoms with Crippen LogP contribution in [-0.2, 0) is 0 Å². The number of carbonyl (C=O) groups excluding carboxylic acids is 1. The van der Waals surface area contributed by atoms with Gasteiger partial charge in [0, 0.05) is 16.0 Å². The lowest BCUT2D eigenvalue weighted by atomic mass is 10.1. The molecule has 0 fully saturated rings. The van der Waals surface area contributed by atoms with Gasteiger partial charge in [-0.15, -0.1) is 11.3 Å². The van der Waals surface area contributed by atoms with Gasteiger partial charge >= 0.3 is 0 Å². The smallest absolute Gasteiger partial charge is 0.195 e. The maximum atomic E-state index is 11.8. The first-order valence-electron chi connectivity index (χ1n) is 7.46. The van der Waals surface area contributed by atoms with Gasteiger partial charge in [0.1, 0.15) is 11.4 Å². The Kier molecular flexibility index (Phi) is 3.71. The molecule has 0 spiro atoms. The predicted octanol–water partition coefficient (Wildman–Crippen LogP) is 5.50. The Morgan fingerprint density at radius 1 is 1.12 bits per heavy atom. The zero-order valence-corrected chi connectivity index (χ0v) is 14.4. The Morgan fingerprint density at radius 2 is 1.92 bits per heavy atom. The maximum Gasteiger partial charge on any atom is 0.195 e. The number of fused-ring (bicyclic) bond motifs is 1. The molecule has 4 rings (SSSR count). The number of hydrogen-bond acceptors (Lipinski definition) is 3. The molecule has 2 aromatic heterocycles.